The molecule has 0 atom stereocenters. The van der Waals surface area contributed by atoms with Crippen LogP contribution in [0.1, 0.15) is 59.8 Å². The molecule has 30 heavy (non-hydrogen) atoms. The van der Waals surface area contributed by atoms with Crippen LogP contribution >= 0.6 is 0 Å². The zero-order chi connectivity index (χ0) is 21.3. The largest absolute Gasteiger partial charge is 0.340 e. The highest BCUT2D eigenvalue weighted by molar-refractivity contribution is 5.93. The van der Waals surface area contributed by atoms with Crippen LogP contribution in [0.25, 0.3) is 5.65 Å². The van der Waals surface area contributed by atoms with Crippen LogP contribution in [0.5, 0.6) is 0 Å². The van der Waals surface area contributed by atoms with Crippen molar-refractivity contribution in [3.05, 3.63) is 101 Å². The zero-order valence-corrected chi connectivity index (χ0v) is 17.8. The summed E-state index contributed by atoms with van der Waals surface area (Å²) >= 11 is 0. The number of nitrogens with zero attached hydrogens (tertiary/aromatic N) is 3. The number of nitrogens with one attached hydrogen (secondary N) is 1. The quantitative estimate of drug-likeness (QED) is 0.534. The average molecular weight is 399 g/mol. The van der Waals surface area contributed by atoms with Crippen LogP contribution in [0.4, 0.5) is 0 Å². The van der Waals surface area contributed by atoms with Gasteiger partial charge >= 0.3 is 0 Å². The standard InChI is InChI=1S/C25H26N4O/c1-17-15-20(26-22-16-21(25(2,3)4)28-29(17)22)24(30)27-23(18-11-7-5-8-12-18)19-13-9-6-10-14-19/h5-16,23H,1-4H3,(H,27,30). The predicted octanol–water partition coefficient (Wildman–Crippen LogP) is 4.85. The van der Waals surface area contributed by atoms with E-state index < -0.39 is 0 Å². The van der Waals surface area contributed by atoms with Crippen molar-refractivity contribution in [2.45, 2.75) is 39.2 Å². The second-order valence-electron chi connectivity index (χ2n) is 8.56. The highest BCUT2D eigenvalue weighted by Gasteiger charge is 2.22. The lowest BCUT2D eigenvalue weighted by molar-refractivity contribution is 0.0938. The van der Waals surface area contributed by atoms with Crippen LogP contribution < -0.4 is 5.32 Å². The van der Waals surface area contributed by atoms with E-state index in [1.165, 1.54) is 0 Å². The van der Waals surface area contributed by atoms with Gasteiger partial charge in [-0.25, -0.2) is 9.50 Å². The van der Waals surface area contributed by atoms with E-state index in [0.717, 1.165) is 22.5 Å². The molecule has 4 aromatic rings. The smallest absolute Gasteiger partial charge is 0.270 e. The summed E-state index contributed by atoms with van der Waals surface area (Å²) in [5.74, 6) is -0.211. The molecule has 0 radical (unpaired) electrons. The number of rotatable bonds is 4. The van der Waals surface area contributed by atoms with Crippen molar-refractivity contribution in [2.75, 3.05) is 0 Å². The van der Waals surface area contributed by atoms with Crippen molar-refractivity contribution in [1.82, 2.24) is 19.9 Å². The maximum absolute atomic E-state index is 13.2. The molecule has 1 amide bonds. The summed E-state index contributed by atoms with van der Waals surface area (Å²) in [5, 5.41) is 7.83. The summed E-state index contributed by atoms with van der Waals surface area (Å²) < 4.78 is 1.79. The highest BCUT2D eigenvalue weighted by Crippen LogP contribution is 2.24. The Morgan fingerprint density at radius 3 is 2.03 bits per heavy atom. The molecule has 0 aliphatic carbocycles. The van der Waals surface area contributed by atoms with E-state index in [0.29, 0.717) is 11.3 Å². The second-order valence-corrected chi connectivity index (χ2v) is 8.56. The number of fused-ring (bicyclic) bond motifs is 1. The Morgan fingerprint density at radius 1 is 0.933 bits per heavy atom. The van der Waals surface area contributed by atoms with Gasteiger partial charge in [0.15, 0.2) is 5.65 Å². The summed E-state index contributed by atoms with van der Waals surface area (Å²) in [5.41, 5.74) is 4.84. The Kier molecular flexibility index (Phi) is 5.12. The summed E-state index contributed by atoms with van der Waals surface area (Å²) in [6, 6.07) is 23.4. The van der Waals surface area contributed by atoms with E-state index in [1.807, 2.05) is 73.7 Å². The van der Waals surface area contributed by atoms with E-state index in [2.05, 4.69) is 36.2 Å². The molecule has 1 N–H and O–H groups in total. The van der Waals surface area contributed by atoms with Crippen LogP contribution in [0.3, 0.4) is 0 Å². The van der Waals surface area contributed by atoms with Gasteiger partial charge in [-0.2, -0.15) is 5.10 Å². The summed E-state index contributed by atoms with van der Waals surface area (Å²) in [6.45, 7) is 8.28. The molecule has 0 saturated heterocycles. The molecule has 4 rings (SSSR count). The number of aromatic nitrogens is 3. The van der Waals surface area contributed by atoms with Gasteiger partial charge in [0.25, 0.3) is 5.91 Å². The van der Waals surface area contributed by atoms with Gasteiger partial charge < -0.3 is 5.32 Å². The number of carbonyl (C=O) groups excluding carboxylic acids is 1. The first-order valence-corrected chi connectivity index (χ1v) is 10.1. The van der Waals surface area contributed by atoms with E-state index >= 15 is 0 Å². The summed E-state index contributed by atoms with van der Waals surface area (Å²) in [6.07, 6.45) is 0. The molecule has 0 aliphatic rings. The minimum Gasteiger partial charge on any atom is -0.340 e. The lowest BCUT2D eigenvalue weighted by atomic mass is 9.93. The van der Waals surface area contributed by atoms with Gasteiger partial charge in [-0.05, 0) is 24.1 Å². The number of carbonyl (C=O) groups is 1. The molecule has 2 aromatic carbocycles. The zero-order valence-electron chi connectivity index (χ0n) is 17.8. The Hall–Kier alpha value is -3.47. The molecule has 2 aromatic heterocycles. The van der Waals surface area contributed by atoms with Gasteiger partial charge in [0.05, 0.1) is 11.7 Å². The minimum atomic E-state index is -0.256. The first-order valence-electron chi connectivity index (χ1n) is 10.1. The fourth-order valence-electron chi connectivity index (χ4n) is 3.46. The van der Waals surface area contributed by atoms with Crippen molar-refractivity contribution in [1.29, 1.82) is 0 Å². The van der Waals surface area contributed by atoms with Gasteiger partial charge in [-0.3, -0.25) is 4.79 Å². The number of hydrogen-bond donors (Lipinski definition) is 1. The van der Waals surface area contributed by atoms with Crippen LogP contribution in [-0.4, -0.2) is 20.5 Å². The van der Waals surface area contributed by atoms with E-state index in [9.17, 15) is 4.79 Å². The fourth-order valence-corrected chi connectivity index (χ4v) is 3.46. The molecular weight excluding hydrogens is 372 g/mol. The minimum absolute atomic E-state index is 0.0890. The van der Waals surface area contributed by atoms with Crippen molar-refractivity contribution >= 4 is 11.6 Å². The van der Waals surface area contributed by atoms with Gasteiger partial charge in [0.2, 0.25) is 0 Å². The lowest BCUT2D eigenvalue weighted by Gasteiger charge is -2.20. The highest BCUT2D eigenvalue weighted by atomic mass is 16.1. The molecule has 0 unspecified atom stereocenters. The number of amides is 1. The van der Waals surface area contributed by atoms with Crippen LogP contribution in [0, 0.1) is 6.92 Å². The monoisotopic (exact) mass is 398 g/mol. The van der Waals surface area contributed by atoms with Crippen LogP contribution in [0.2, 0.25) is 0 Å². The van der Waals surface area contributed by atoms with Crippen LogP contribution in [-0.2, 0) is 5.41 Å². The van der Waals surface area contributed by atoms with E-state index in [4.69, 9.17) is 0 Å². The molecule has 0 saturated carbocycles. The fraction of sp³-hybridized carbons (Fsp3) is 0.240. The predicted molar refractivity (Wildman–Crippen MR) is 119 cm³/mol. The van der Waals surface area contributed by atoms with Gasteiger partial charge in [0.1, 0.15) is 5.69 Å². The Balaban J connectivity index is 1.70. The Labute approximate surface area is 176 Å². The molecule has 152 valence electrons. The van der Waals surface area contributed by atoms with Gasteiger partial charge in [-0.15, -0.1) is 0 Å². The molecule has 0 bridgehead atoms. The molecular formula is C25H26N4O. The molecule has 0 aliphatic heterocycles. The molecule has 0 spiro atoms. The van der Waals surface area contributed by atoms with Crippen molar-refractivity contribution in [2.24, 2.45) is 0 Å². The van der Waals surface area contributed by atoms with Crippen molar-refractivity contribution < 1.29 is 4.79 Å². The molecule has 5 nitrogen and oxygen atoms in total. The molecule has 5 heteroatoms. The Morgan fingerprint density at radius 2 is 1.50 bits per heavy atom. The van der Waals surface area contributed by atoms with Crippen LogP contribution in [0.15, 0.2) is 72.8 Å². The maximum atomic E-state index is 13.2. The molecule has 0 fully saturated rings. The first kappa shape index (κ1) is 19.8. The third kappa shape index (κ3) is 3.96. The van der Waals surface area contributed by atoms with E-state index in [1.54, 1.807) is 10.6 Å². The van der Waals surface area contributed by atoms with E-state index in [-0.39, 0.29) is 17.4 Å². The third-order valence-electron chi connectivity index (χ3n) is 5.15. The third-order valence-corrected chi connectivity index (χ3v) is 5.15. The topological polar surface area (TPSA) is 59.3 Å². The first-order chi connectivity index (χ1) is 14.3. The lowest BCUT2D eigenvalue weighted by Crippen LogP contribution is -2.30. The Bertz CT molecular complexity index is 1130. The number of hydrogen-bond acceptors (Lipinski definition) is 3. The summed E-state index contributed by atoms with van der Waals surface area (Å²) in [7, 11) is 0. The molecule has 2 heterocycles. The SMILES string of the molecule is Cc1cc(C(=O)NC(c2ccccc2)c2ccccc2)nc2cc(C(C)(C)C)nn12. The normalized spacial score (nSPS) is 11.8. The average Bonchev–Trinajstić information content (AvgIpc) is 3.19. The summed E-state index contributed by atoms with van der Waals surface area (Å²) in [4.78, 5) is 17.8. The van der Waals surface area contributed by atoms with Crippen molar-refractivity contribution in [3.63, 3.8) is 0 Å². The second kappa shape index (κ2) is 7.75. The van der Waals surface area contributed by atoms with Crippen molar-refractivity contribution in [3.8, 4) is 0 Å². The van der Waals surface area contributed by atoms with Gasteiger partial charge in [-0.1, -0.05) is 81.4 Å². The number of aryl methyl sites for hydroxylation is 1. The maximum Gasteiger partial charge on any atom is 0.270 e. The van der Waals surface area contributed by atoms with Gasteiger partial charge in [0, 0.05) is 17.2 Å². The number of benzene rings is 2.